The van der Waals surface area contributed by atoms with Gasteiger partial charge in [-0.25, -0.2) is 0 Å². The summed E-state index contributed by atoms with van der Waals surface area (Å²) in [5.74, 6) is 2.28. The second kappa shape index (κ2) is 14.1. The van der Waals surface area contributed by atoms with Crippen molar-refractivity contribution in [3.05, 3.63) is 72.3 Å². The van der Waals surface area contributed by atoms with E-state index in [9.17, 15) is 4.79 Å². The van der Waals surface area contributed by atoms with Crippen molar-refractivity contribution in [1.29, 1.82) is 0 Å². The summed E-state index contributed by atoms with van der Waals surface area (Å²) in [6, 6.07) is 21.8. The van der Waals surface area contributed by atoms with Crippen LogP contribution in [-0.4, -0.2) is 51.2 Å². The summed E-state index contributed by atoms with van der Waals surface area (Å²) in [5.41, 5.74) is 0.807. The standard InChI is InChI=1S/C34H52O3S2Si2/c1-28(26-35)21-22-34(38-23-16-24-39-34)25-29(37-40(8,9)32(2,3)4)27-36-41(33(5,6)7,30-17-12-10-13-18-30)31-19-14-11-15-20-31/h10-15,17-21,26,29H,16,22-25,27H2,1-9H3/t29-/m0/s1. The van der Waals surface area contributed by atoms with E-state index >= 15 is 0 Å². The van der Waals surface area contributed by atoms with E-state index in [0.29, 0.717) is 6.61 Å². The van der Waals surface area contributed by atoms with Crippen LogP contribution in [0.2, 0.25) is 23.2 Å². The summed E-state index contributed by atoms with van der Waals surface area (Å²) in [4.78, 5) is 11.5. The number of aldehydes is 1. The molecule has 3 rings (SSSR count). The summed E-state index contributed by atoms with van der Waals surface area (Å²) in [6.07, 6.45) is 6.05. The first kappa shape index (κ1) is 34.4. The molecule has 2 aromatic rings. The molecule has 0 saturated carbocycles. The monoisotopic (exact) mass is 628 g/mol. The van der Waals surface area contributed by atoms with Crippen LogP contribution >= 0.6 is 23.5 Å². The number of carbonyl (C=O) groups is 1. The zero-order valence-electron chi connectivity index (χ0n) is 26.8. The maximum atomic E-state index is 11.5. The molecule has 1 aliphatic rings. The molecule has 0 bridgehead atoms. The minimum Gasteiger partial charge on any atom is -0.412 e. The fourth-order valence-electron chi connectivity index (χ4n) is 5.36. The summed E-state index contributed by atoms with van der Waals surface area (Å²) in [7, 11) is -4.79. The Labute approximate surface area is 260 Å². The lowest BCUT2D eigenvalue weighted by molar-refractivity contribution is -0.104. The second-order valence-electron chi connectivity index (χ2n) is 13.9. The quantitative estimate of drug-likeness (QED) is 0.134. The third-order valence-electron chi connectivity index (χ3n) is 8.65. The van der Waals surface area contributed by atoms with Gasteiger partial charge in [0.15, 0.2) is 8.32 Å². The van der Waals surface area contributed by atoms with Gasteiger partial charge in [-0.15, -0.1) is 23.5 Å². The van der Waals surface area contributed by atoms with Crippen LogP contribution in [0.5, 0.6) is 0 Å². The molecule has 1 saturated heterocycles. The van der Waals surface area contributed by atoms with Gasteiger partial charge in [-0.1, -0.05) is 108 Å². The molecule has 3 nitrogen and oxygen atoms in total. The molecule has 7 heteroatoms. The summed E-state index contributed by atoms with van der Waals surface area (Å²) in [6.45, 7) is 21.1. The highest BCUT2D eigenvalue weighted by atomic mass is 32.2. The summed E-state index contributed by atoms with van der Waals surface area (Å²) >= 11 is 4.10. The molecule has 0 N–H and O–H groups in total. The number of carbonyl (C=O) groups excluding carboxylic acids is 1. The van der Waals surface area contributed by atoms with E-state index < -0.39 is 16.6 Å². The molecule has 226 valence electrons. The lowest BCUT2D eigenvalue weighted by Crippen LogP contribution is -2.67. The van der Waals surface area contributed by atoms with Gasteiger partial charge in [0, 0.05) is 0 Å². The van der Waals surface area contributed by atoms with E-state index in [-0.39, 0.29) is 20.3 Å². The Morgan fingerprint density at radius 3 is 1.85 bits per heavy atom. The van der Waals surface area contributed by atoms with Gasteiger partial charge in [-0.2, -0.15) is 0 Å². The normalized spacial score (nSPS) is 17.7. The third-order valence-corrected chi connectivity index (χ3v) is 21.6. The van der Waals surface area contributed by atoms with E-state index in [4.69, 9.17) is 8.85 Å². The molecule has 1 atom stereocenters. The Morgan fingerprint density at radius 2 is 1.41 bits per heavy atom. The van der Waals surface area contributed by atoms with Crippen molar-refractivity contribution in [2.45, 2.75) is 101 Å². The smallest absolute Gasteiger partial charge is 0.261 e. The van der Waals surface area contributed by atoms with Crippen molar-refractivity contribution < 1.29 is 13.6 Å². The highest BCUT2D eigenvalue weighted by Crippen LogP contribution is 2.50. The van der Waals surface area contributed by atoms with Gasteiger partial charge in [0.2, 0.25) is 0 Å². The van der Waals surface area contributed by atoms with Crippen LogP contribution < -0.4 is 10.4 Å². The molecular formula is C34H52O3S2Si2. The molecule has 0 radical (unpaired) electrons. The van der Waals surface area contributed by atoms with Crippen molar-refractivity contribution >= 4 is 56.8 Å². The predicted octanol–water partition coefficient (Wildman–Crippen LogP) is 8.45. The van der Waals surface area contributed by atoms with Gasteiger partial charge >= 0.3 is 0 Å². The third kappa shape index (κ3) is 8.51. The average molecular weight is 629 g/mol. The molecule has 1 heterocycles. The predicted molar refractivity (Wildman–Crippen MR) is 187 cm³/mol. The van der Waals surface area contributed by atoms with E-state index in [1.165, 1.54) is 16.8 Å². The van der Waals surface area contributed by atoms with Crippen molar-refractivity contribution in [2.75, 3.05) is 18.1 Å². The minimum atomic E-state index is -2.70. The van der Waals surface area contributed by atoms with E-state index in [0.717, 1.165) is 36.2 Å². The SMILES string of the molecule is CC(C=O)=CCC1(C[C@@H](CO[Si](c2ccccc2)(c2ccccc2)C(C)(C)C)O[Si](C)(C)C(C)(C)C)SCCCS1. The Kier molecular flexibility index (Phi) is 11.8. The zero-order valence-corrected chi connectivity index (χ0v) is 30.4. The molecule has 0 aromatic heterocycles. The number of benzene rings is 2. The van der Waals surface area contributed by atoms with E-state index in [1.54, 1.807) is 0 Å². The first-order valence-electron chi connectivity index (χ1n) is 15.0. The number of hydrogen-bond donors (Lipinski definition) is 0. The maximum absolute atomic E-state index is 11.5. The number of hydrogen-bond acceptors (Lipinski definition) is 5. The average Bonchev–Trinajstić information content (AvgIpc) is 2.92. The van der Waals surface area contributed by atoms with Crippen LogP contribution in [0.4, 0.5) is 0 Å². The largest absolute Gasteiger partial charge is 0.412 e. The number of thioether (sulfide) groups is 2. The van der Waals surface area contributed by atoms with Crippen LogP contribution in [0.1, 0.15) is 67.7 Å². The lowest BCUT2D eigenvalue weighted by Gasteiger charge is -2.46. The van der Waals surface area contributed by atoms with Gasteiger partial charge < -0.3 is 8.85 Å². The van der Waals surface area contributed by atoms with Crippen molar-refractivity contribution in [1.82, 2.24) is 0 Å². The fourth-order valence-corrected chi connectivity index (χ4v) is 14.6. The Bertz CT molecular complexity index is 1090. The van der Waals surface area contributed by atoms with Crippen LogP contribution in [0, 0.1) is 0 Å². The van der Waals surface area contributed by atoms with Gasteiger partial charge in [-0.05, 0) is 76.8 Å². The first-order chi connectivity index (χ1) is 19.2. The molecule has 0 aliphatic carbocycles. The summed E-state index contributed by atoms with van der Waals surface area (Å²) in [5, 5.41) is 2.60. The van der Waals surface area contributed by atoms with E-state index in [1.807, 2.05) is 6.92 Å². The van der Waals surface area contributed by atoms with Gasteiger partial charge in [0.25, 0.3) is 8.32 Å². The van der Waals surface area contributed by atoms with Gasteiger partial charge in [-0.3, -0.25) is 4.79 Å². The number of allylic oxidation sites excluding steroid dienone is 2. The Balaban J connectivity index is 2.07. The van der Waals surface area contributed by atoms with Crippen molar-refractivity contribution in [3.63, 3.8) is 0 Å². The highest BCUT2D eigenvalue weighted by Gasteiger charge is 2.51. The Hall–Kier alpha value is -1.10. The van der Waals surface area contributed by atoms with Crippen LogP contribution in [0.3, 0.4) is 0 Å². The molecule has 0 spiro atoms. The first-order valence-corrected chi connectivity index (χ1v) is 21.8. The number of rotatable bonds is 12. The maximum Gasteiger partial charge on any atom is 0.261 e. The van der Waals surface area contributed by atoms with Gasteiger partial charge in [0.1, 0.15) is 6.29 Å². The van der Waals surface area contributed by atoms with Crippen molar-refractivity contribution in [2.24, 2.45) is 0 Å². The molecule has 2 aromatic carbocycles. The molecule has 1 aliphatic heterocycles. The molecule has 41 heavy (non-hydrogen) atoms. The fraction of sp³-hybridized carbons (Fsp3) is 0.559. The molecule has 0 unspecified atom stereocenters. The van der Waals surface area contributed by atoms with Crippen LogP contribution in [0.15, 0.2) is 72.3 Å². The molecular weight excluding hydrogens is 577 g/mol. The second-order valence-corrected chi connectivity index (χ2v) is 26.2. The van der Waals surface area contributed by atoms with Crippen LogP contribution in [0.25, 0.3) is 0 Å². The highest BCUT2D eigenvalue weighted by molar-refractivity contribution is 8.18. The molecule has 0 amide bonds. The zero-order chi connectivity index (χ0) is 30.4. The van der Waals surface area contributed by atoms with Crippen molar-refractivity contribution in [3.8, 4) is 0 Å². The topological polar surface area (TPSA) is 35.5 Å². The van der Waals surface area contributed by atoms with Gasteiger partial charge in [0.05, 0.1) is 16.8 Å². The molecule has 1 fully saturated rings. The van der Waals surface area contributed by atoms with Crippen LogP contribution in [-0.2, 0) is 13.6 Å². The Morgan fingerprint density at radius 1 is 0.902 bits per heavy atom. The minimum absolute atomic E-state index is 0.0235. The van der Waals surface area contributed by atoms with E-state index in [2.05, 4.69) is 145 Å². The summed E-state index contributed by atoms with van der Waals surface area (Å²) < 4.78 is 14.7. The lowest BCUT2D eigenvalue weighted by atomic mass is 10.1.